The van der Waals surface area contributed by atoms with Crippen LogP contribution in [0.5, 0.6) is 5.75 Å². The molecule has 1 aromatic carbocycles. The van der Waals surface area contributed by atoms with Gasteiger partial charge in [0.15, 0.2) is 0 Å². The van der Waals surface area contributed by atoms with E-state index in [0.29, 0.717) is 18.9 Å². The largest absolute Gasteiger partial charge is 0.705 e. The van der Waals surface area contributed by atoms with Crippen molar-refractivity contribution in [3.8, 4) is 5.75 Å². The van der Waals surface area contributed by atoms with Gasteiger partial charge in [-0.15, -0.1) is 0 Å². The van der Waals surface area contributed by atoms with E-state index in [2.05, 4.69) is 31.2 Å². The molecule has 0 aromatic heterocycles. The lowest BCUT2D eigenvalue weighted by Gasteiger charge is -2.29. The summed E-state index contributed by atoms with van der Waals surface area (Å²) < 4.78 is 27.4. The minimum absolute atomic E-state index is 0.133. The van der Waals surface area contributed by atoms with Crippen LogP contribution in [0.2, 0.25) is 6.04 Å². The maximum Gasteiger partial charge on any atom is 0.705 e. The quantitative estimate of drug-likeness (QED) is 0.281. The van der Waals surface area contributed by atoms with Crippen LogP contribution >= 0.6 is 0 Å². The second-order valence-corrected chi connectivity index (χ2v) is 11.2. The number of hydrogen-bond acceptors (Lipinski definition) is 8. The van der Waals surface area contributed by atoms with Crippen molar-refractivity contribution in [2.75, 3.05) is 13.2 Å². The molecule has 0 heterocycles. The zero-order valence-corrected chi connectivity index (χ0v) is 21.8. The lowest BCUT2D eigenvalue weighted by molar-refractivity contribution is -0.147. The van der Waals surface area contributed by atoms with Gasteiger partial charge in [-0.05, 0) is 62.1 Å². The monoisotopic (exact) mass is 494 g/mol. The molecule has 190 valence electrons. The lowest BCUT2D eigenvalue weighted by atomic mass is 9.83. The first kappa shape index (κ1) is 27.8. The standard InChI is InChI=1S/C25H38O8Si/c1-5-6-16-29-24-12-8-22(9-13-24)23-10-14-25(15-11-23)30-17-7-18-34(31-19(2)26,32-20(3)27)33-21(4)28/h8-9,12-13,23,25H,5-7,10-11,14-18H2,1-4H3/t23-,25-. The highest BCUT2D eigenvalue weighted by Gasteiger charge is 2.51. The minimum atomic E-state index is -3.78. The second-order valence-electron chi connectivity index (χ2n) is 8.68. The molecule has 0 bridgehead atoms. The fourth-order valence-electron chi connectivity index (χ4n) is 4.14. The number of unbranched alkanes of at least 4 members (excludes halogenated alkanes) is 1. The molecule has 8 nitrogen and oxygen atoms in total. The third kappa shape index (κ3) is 9.85. The van der Waals surface area contributed by atoms with Gasteiger partial charge in [0.25, 0.3) is 17.9 Å². The SMILES string of the molecule is CCCCOc1ccc([C@H]2CC[C@H](OCCC[Si](OC(C)=O)(OC(C)=O)OC(C)=O)CC2)cc1. The van der Waals surface area contributed by atoms with Crippen molar-refractivity contribution in [2.45, 2.75) is 90.7 Å². The average molecular weight is 495 g/mol. The summed E-state index contributed by atoms with van der Waals surface area (Å²) in [7, 11) is -3.78. The van der Waals surface area contributed by atoms with Gasteiger partial charge in [-0.3, -0.25) is 14.4 Å². The molecule has 1 aliphatic rings. The first-order chi connectivity index (χ1) is 16.2. The van der Waals surface area contributed by atoms with E-state index in [1.165, 1.54) is 26.3 Å². The zero-order chi connectivity index (χ0) is 25.0. The van der Waals surface area contributed by atoms with Gasteiger partial charge in [0.05, 0.1) is 18.8 Å². The number of benzene rings is 1. The molecule has 0 saturated heterocycles. The summed E-state index contributed by atoms with van der Waals surface area (Å²) in [5.41, 5.74) is 1.33. The van der Waals surface area contributed by atoms with E-state index in [0.717, 1.165) is 50.9 Å². The normalized spacial score (nSPS) is 18.1. The average Bonchev–Trinajstić information content (AvgIpc) is 2.76. The van der Waals surface area contributed by atoms with Gasteiger partial charge in [0, 0.05) is 27.4 Å². The Morgan fingerprint density at radius 3 is 1.88 bits per heavy atom. The van der Waals surface area contributed by atoms with Crippen LogP contribution < -0.4 is 4.74 Å². The molecular weight excluding hydrogens is 456 g/mol. The Labute approximate surface area is 203 Å². The summed E-state index contributed by atoms with van der Waals surface area (Å²) in [6, 6.07) is 8.57. The molecule has 1 fully saturated rings. The Kier molecular flexibility index (Phi) is 11.6. The van der Waals surface area contributed by atoms with Gasteiger partial charge in [-0.25, -0.2) is 0 Å². The molecule has 34 heavy (non-hydrogen) atoms. The van der Waals surface area contributed by atoms with E-state index in [1.54, 1.807) is 0 Å². The first-order valence-corrected chi connectivity index (χ1v) is 14.1. The Hall–Kier alpha value is -2.39. The molecule has 9 heteroatoms. The van der Waals surface area contributed by atoms with Crippen LogP contribution in [-0.4, -0.2) is 46.0 Å². The lowest BCUT2D eigenvalue weighted by Crippen LogP contribution is -2.49. The van der Waals surface area contributed by atoms with Gasteiger partial charge >= 0.3 is 8.80 Å². The molecule has 0 aliphatic heterocycles. The molecule has 0 N–H and O–H groups in total. The zero-order valence-electron chi connectivity index (χ0n) is 20.8. The van der Waals surface area contributed by atoms with E-state index in [4.69, 9.17) is 22.8 Å². The predicted octanol–water partition coefficient (Wildman–Crippen LogP) is 4.93. The van der Waals surface area contributed by atoms with Gasteiger partial charge < -0.3 is 22.8 Å². The van der Waals surface area contributed by atoms with Crippen LogP contribution in [0.1, 0.15) is 84.1 Å². The van der Waals surface area contributed by atoms with Crippen molar-refractivity contribution in [3.63, 3.8) is 0 Å². The van der Waals surface area contributed by atoms with Crippen LogP contribution in [0.3, 0.4) is 0 Å². The summed E-state index contributed by atoms with van der Waals surface area (Å²) >= 11 is 0. The van der Waals surface area contributed by atoms with E-state index < -0.39 is 26.7 Å². The topological polar surface area (TPSA) is 97.4 Å². The van der Waals surface area contributed by atoms with Crippen molar-refractivity contribution in [1.82, 2.24) is 0 Å². The maximum absolute atomic E-state index is 11.5. The molecular formula is C25H38O8Si. The fourth-order valence-corrected chi connectivity index (χ4v) is 6.47. The van der Waals surface area contributed by atoms with E-state index in [1.807, 2.05) is 0 Å². The summed E-state index contributed by atoms with van der Waals surface area (Å²) in [4.78, 5) is 34.6. The van der Waals surface area contributed by atoms with Crippen molar-refractivity contribution >= 4 is 26.7 Å². The maximum atomic E-state index is 11.5. The molecule has 0 unspecified atom stereocenters. The molecule has 0 spiro atoms. The summed E-state index contributed by atoms with van der Waals surface area (Å²) in [6.07, 6.45) is 6.80. The van der Waals surface area contributed by atoms with Crippen LogP contribution in [0, 0.1) is 0 Å². The number of ether oxygens (including phenoxy) is 2. The Balaban J connectivity index is 1.78. The second kappa shape index (κ2) is 14.1. The van der Waals surface area contributed by atoms with Gasteiger partial charge in [-0.1, -0.05) is 25.5 Å². The summed E-state index contributed by atoms with van der Waals surface area (Å²) in [6.45, 7) is 6.88. The highest BCUT2D eigenvalue weighted by atomic mass is 28.4. The number of hydrogen-bond donors (Lipinski definition) is 0. The van der Waals surface area contributed by atoms with Crippen molar-refractivity contribution in [1.29, 1.82) is 0 Å². The van der Waals surface area contributed by atoms with E-state index in [-0.39, 0.29) is 12.1 Å². The van der Waals surface area contributed by atoms with Crippen LogP contribution in [0.4, 0.5) is 0 Å². The number of rotatable bonds is 13. The molecule has 0 atom stereocenters. The Morgan fingerprint density at radius 2 is 1.38 bits per heavy atom. The molecule has 1 aromatic rings. The summed E-state index contributed by atoms with van der Waals surface area (Å²) in [5, 5.41) is 0. The number of carbonyl (C=O) groups is 3. The molecule has 2 rings (SSSR count). The van der Waals surface area contributed by atoms with Crippen molar-refractivity contribution in [2.24, 2.45) is 0 Å². The third-order valence-electron chi connectivity index (χ3n) is 5.67. The minimum Gasteiger partial charge on any atom is -0.494 e. The molecule has 0 radical (unpaired) electrons. The molecule has 1 saturated carbocycles. The van der Waals surface area contributed by atoms with Crippen LogP contribution in [-0.2, 0) is 32.4 Å². The van der Waals surface area contributed by atoms with Gasteiger partial charge in [-0.2, -0.15) is 0 Å². The third-order valence-corrected chi connectivity index (χ3v) is 8.43. The highest BCUT2D eigenvalue weighted by Crippen LogP contribution is 2.35. The predicted molar refractivity (Wildman–Crippen MR) is 128 cm³/mol. The van der Waals surface area contributed by atoms with Gasteiger partial charge in [0.1, 0.15) is 5.75 Å². The smallest absolute Gasteiger partial charge is 0.494 e. The Morgan fingerprint density at radius 1 is 0.824 bits per heavy atom. The highest BCUT2D eigenvalue weighted by molar-refractivity contribution is 6.65. The van der Waals surface area contributed by atoms with Crippen LogP contribution in [0.25, 0.3) is 0 Å². The van der Waals surface area contributed by atoms with E-state index in [9.17, 15) is 14.4 Å². The Bertz CT molecular complexity index is 746. The van der Waals surface area contributed by atoms with Crippen molar-refractivity contribution in [3.05, 3.63) is 29.8 Å². The van der Waals surface area contributed by atoms with Crippen molar-refractivity contribution < 1.29 is 37.1 Å². The van der Waals surface area contributed by atoms with Gasteiger partial charge in [0.2, 0.25) is 0 Å². The summed E-state index contributed by atoms with van der Waals surface area (Å²) in [5.74, 6) is -0.538. The number of carbonyl (C=O) groups excluding carboxylic acids is 3. The van der Waals surface area contributed by atoms with Crippen LogP contribution in [0.15, 0.2) is 24.3 Å². The van der Waals surface area contributed by atoms with E-state index >= 15 is 0 Å². The first-order valence-electron chi connectivity index (χ1n) is 12.2. The fraction of sp³-hybridized carbons (Fsp3) is 0.640. The molecule has 1 aliphatic carbocycles. The molecule has 0 amide bonds.